The lowest BCUT2D eigenvalue weighted by atomic mass is 10.1. The highest BCUT2D eigenvalue weighted by atomic mass is 16.1. The molecule has 2 aromatic rings. The molecular formula is C22H31N5O. The summed E-state index contributed by atoms with van der Waals surface area (Å²) in [7, 11) is 4.06. The predicted octanol–water partition coefficient (Wildman–Crippen LogP) is 3.50. The van der Waals surface area contributed by atoms with Crippen molar-refractivity contribution >= 4 is 23.1 Å². The molecule has 6 nitrogen and oxygen atoms in total. The Morgan fingerprint density at radius 2 is 1.86 bits per heavy atom. The van der Waals surface area contributed by atoms with Crippen LogP contribution in [0.15, 0.2) is 42.6 Å². The number of nitrogens with one attached hydrogen (secondary N) is 2. The van der Waals surface area contributed by atoms with Gasteiger partial charge in [-0.2, -0.15) is 0 Å². The van der Waals surface area contributed by atoms with Gasteiger partial charge in [0.1, 0.15) is 5.82 Å². The lowest BCUT2D eigenvalue weighted by Crippen LogP contribution is -2.29. The fraction of sp³-hybridized carbons (Fsp3) is 0.455. The standard InChI is InChI=1S/C22H31N5O/c1-26(2)14-6-12-24-22(28)18-11-13-23-21(17-18)25-19-7-9-20(10-8-19)27-15-4-3-5-16-27/h7-11,13,17H,3-6,12,14-16H2,1-2H3,(H,23,25)(H,24,28). The van der Waals surface area contributed by atoms with Gasteiger partial charge in [0.15, 0.2) is 0 Å². The van der Waals surface area contributed by atoms with Gasteiger partial charge in [-0.1, -0.05) is 0 Å². The van der Waals surface area contributed by atoms with E-state index >= 15 is 0 Å². The van der Waals surface area contributed by atoms with Gasteiger partial charge in [0.2, 0.25) is 0 Å². The van der Waals surface area contributed by atoms with Gasteiger partial charge in [-0.05, 0) is 82.7 Å². The molecule has 28 heavy (non-hydrogen) atoms. The number of hydrogen-bond acceptors (Lipinski definition) is 5. The van der Waals surface area contributed by atoms with Crippen molar-refractivity contribution in [1.82, 2.24) is 15.2 Å². The molecule has 2 heterocycles. The molecule has 1 aromatic carbocycles. The van der Waals surface area contributed by atoms with Crippen molar-refractivity contribution in [3.05, 3.63) is 48.2 Å². The number of carbonyl (C=O) groups is 1. The van der Waals surface area contributed by atoms with E-state index in [9.17, 15) is 4.79 Å². The number of rotatable bonds is 8. The van der Waals surface area contributed by atoms with E-state index in [4.69, 9.17) is 0 Å². The number of pyridine rings is 1. The summed E-state index contributed by atoms with van der Waals surface area (Å²) in [6.45, 7) is 3.90. The average Bonchev–Trinajstić information content (AvgIpc) is 2.72. The molecule has 0 unspecified atom stereocenters. The molecular weight excluding hydrogens is 350 g/mol. The van der Waals surface area contributed by atoms with Gasteiger partial charge < -0.3 is 20.4 Å². The fourth-order valence-electron chi connectivity index (χ4n) is 3.39. The van der Waals surface area contributed by atoms with Crippen LogP contribution in [0, 0.1) is 0 Å². The lowest BCUT2D eigenvalue weighted by Gasteiger charge is -2.28. The van der Waals surface area contributed by atoms with E-state index in [0.29, 0.717) is 17.9 Å². The molecule has 2 N–H and O–H groups in total. The van der Waals surface area contributed by atoms with E-state index in [1.165, 1.54) is 24.9 Å². The quantitative estimate of drug-likeness (QED) is 0.686. The number of carbonyl (C=O) groups excluding carboxylic acids is 1. The highest BCUT2D eigenvalue weighted by Gasteiger charge is 2.11. The first-order chi connectivity index (χ1) is 13.6. The maximum Gasteiger partial charge on any atom is 0.251 e. The zero-order chi connectivity index (χ0) is 19.8. The van der Waals surface area contributed by atoms with Crippen LogP contribution < -0.4 is 15.5 Å². The van der Waals surface area contributed by atoms with Crippen LogP contribution in [0.5, 0.6) is 0 Å². The lowest BCUT2D eigenvalue weighted by molar-refractivity contribution is 0.0952. The summed E-state index contributed by atoms with van der Waals surface area (Å²) >= 11 is 0. The van der Waals surface area contributed by atoms with E-state index in [-0.39, 0.29) is 5.91 Å². The first-order valence-corrected chi connectivity index (χ1v) is 10.1. The molecule has 0 atom stereocenters. The molecule has 0 radical (unpaired) electrons. The van der Waals surface area contributed by atoms with Gasteiger partial charge in [-0.3, -0.25) is 4.79 Å². The molecule has 0 bridgehead atoms. The SMILES string of the molecule is CN(C)CCCNC(=O)c1ccnc(Nc2ccc(N3CCCCC3)cc2)c1. The molecule has 1 saturated heterocycles. The van der Waals surface area contributed by atoms with E-state index in [1.807, 2.05) is 14.1 Å². The van der Waals surface area contributed by atoms with Crippen LogP contribution >= 0.6 is 0 Å². The van der Waals surface area contributed by atoms with Crippen molar-refractivity contribution in [2.75, 3.05) is 50.5 Å². The summed E-state index contributed by atoms with van der Waals surface area (Å²) in [4.78, 5) is 21.2. The first kappa shape index (κ1) is 20.1. The van der Waals surface area contributed by atoms with Crippen LogP contribution in [0.4, 0.5) is 17.2 Å². The third-order valence-electron chi connectivity index (χ3n) is 4.95. The van der Waals surface area contributed by atoms with E-state index in [1.54, 1.807) is 18.3 Å². The predicted molar refractivity (Wildman–Crippen MR) is 116 cm³/mol. The van der Waals surface area contributed by atoms with Crippen molar-refractivity contribution in [3.8, 4) is 0 Å². The monoisotopic (exact) mass is 381 g/mol. The normalized spacial score (nSPS) is 14.2. The molecule has 1 aliphatic rings. The third-order valence-corrected chi connectivity index (χ3v) is 4.95. The summed E-state index contributed by atoms with van der Waals surface area (Å²) in [5.41, 5.74) is 2.85. The minimum Gasteiger partial charge on any atom is -0.372 e. The number of hydrogen-bond donors (Lipinski definition) is 2. The number of aromatic nitrogens is 1. The number of anilines is 3. The minimum atomic E-state index is -0.0651. The molecule has 0 aliphatic carbocycles. The first-order valence-electron chi connectivity index (χ1n) is 10.1. The van der Waals surface area contributed by atoms with Gasteiger partial charge in [-0.25, -0.2) is 4.98 Å². The Labute approximate surface area is 167 Å². The molecule has 1 fully saturated rings. The van der Waals surface area contributed by atoms with E-state index < -0.39 is 0 Å². The van der Waals surface area contributed by atoms with Gasteiger partial charge in [0.25, 0.3) is 5.91 Å². The van der Waals surface area contributed by atoms with Crippen molar-refractivity contribution in [2.24, 2.45) is 0 Å². The summed E-state index contributed by atoms with van der Waals surface area (Å²) in [6, 6.07) is 12.0. The largest absolute Gasteiger partial charge is 0.372 e. The van der Waals surface area contributed by atoms with Gasteiger partial charge in [0.05, 0.1) is 0 Å². The second-order valence-electron chi connectivity index (χ2n) is 7.56. The summed E-state index contributed by atoms with van der Waals surface area (Å²) in [5, 5.41) is 6.26. The maximum atomic E-state index is 12.3. The topological polar surface area (TPSA) is 60.5 Å². The summed E-state index contributed by atoms with van der Waals surface area (Å²) in [5.74, 6) is 0.608. The molecule has 1 aromatic heterocycles. The second kappa shape index (κ2) is 10.1. The maximum absolute atomic E-state index is 12.3. The molecule has 1 amide bonds. The van der Waals surface area contributed by atoms with E-state index in [0.717, 1.165) is 31.7 Å². The molecule has 1 aliphatic heterocycles. The zero-order valence-electron chi connectivity index (χ0n) is 16.9. The smallest absolute Gasteiger partial charge is 0.251 e. The highest BCUT2D eigenvalue weighted by Crippen LogP contribution is 2.23. The Bertz CT molecular complexity index is 754. The number of nitrogens with zero attached hydrogens (tertiary/aromatic N) is 3. The average molecular weight is 382 g/mol. The molecule has 6 heteroatoms. The van der Waals surface area contributed by atoms with Gasteiger partial charge in [-0.15, -0.1) is 0 Å². The van der Waals surface area contributed by atoms with Crippen LogP contribution in [0.1, 0.15) is 36.0 Å². The Morgan fingerprint density at radius 3 is 2.57 bits per heavy atom. The van der Waals surface area contributed by atoms with Crippen molar-refractivity contribution in [2.45, 2.75) is 25.7 Å². The van der Waals surface area contributed by atoms with Crippen molar-refractivity contribution < 1.29 is 4.79 Å². The summed E-state index contributed by atoms with van der Waals surface area (Å²) < 4.78 is 0. The summed E-state index contributed by atoms with van der Waals surface area (Å²) in [6.07, 6.45) is 6.47. The number of piperidine rings is 1. The van der Waals surface area contributed by atoms with Gasteiger partial charge >= 0.3 is 0 Å². The van der Waals surface area contributed by atoms with Crippen LogP contribution in [-0.2, 0) is 0 Å². The Hall–Kier alpha value is -2.60. The van der Waals surface area contributed by atoms with Crippen LogP contribution in [0.3, 0.4) is 0 Å². The number of amides is 1. The second-order valence-corrected chi connectivity index (χ2v) is 7.56. The van der Waals surface area contributed by atoms with Crippen LogP contribution in [0.25, 0.3) is 0 Å². The van der Waals surface area contributed by atoms with Gasteiger partial charge in [0, 0.05) is 42.8 Å². The third kappa shape index (κ3) is 5.96. The highest BCUT2D eigenvalue weighted by molar-refractivity contribution is 5.94. The fourth-order valence-corrected chi connectivity index (χ4v) is 3.39. The van der Waals surface area contributed by atoms with Crippen molar-refractivity contribution in [3.63, 3.8) is 0 Å². The Balaban J connectivity index is 1.55. The number of benzene rings is 1. The molecule has 0 saturated carbocycles. The Kier molecular flexibility index (Phi) is 7.25. The molecule has 3 rings (SSSR count). The van der Waals surface area contributed by atoms with Crippen LogP contribution in [0.2, 0.25) is 0 Å². The van der Waals surface area contributed by atoms with Crippen LogP contribution in [-0.4, -0.2) is 56.1 Å². The molecule has 150 valence electrons. The minimum absolute atomic E-state index is 0.0651. The van der Waals surface area contributed by atoms with Crippen molar-refractivity contribution in [1.29, 1.82) is 0 Å². The van der Waals surface area contributed by atoms with E-state index in [2.05, 4.69) is 49.7 Å². The Morgan fingerprint density at radius 1 is 1.11 bits per heavy atom. The zero-order valence-corrected chi connectivity index (χ0v) is 16.9. The molecule has 0 spiro atoms.